The van der Waals surface area contributed by atoms with Gasteiger partial charge in [0.05, 0.1) is 0 Å². The van der Waals surface area contributed by atoms with Gasteiger partial charge in [-0.2, -0.15) is 0 Å². The molecule has 106 valence electrons. The van der Waals surface area contributed by atoms with E-state index in [9.17, 15) is 4.39 Å². The van der Waals surface area contributed by atoms with Gasteiger partial charge in [-0.05, 0) is 24.3 Å². The van der Waals surface area contributed by atoms with Crippen LogP contribution in [0.2, 0.25) is 0 Å². The molecule has 0 unspecified atom stereocenters. The van der Waals surface area contributed by atoms with Crippen molar-refractivity contribution >= 4 is 5.82 Å². The summed E-state index contributed by atoms with van der Waals surface area (Å²) in [6.07, 6.45) is 4.12. The van der Waals surface area contributed by atoms with Crippen molar-refractivity contribution in [1.82, 2.24) is 10.3 Å². The van der Waals surface area contributed by atoms with Crippen molar-refractivity contribution in [1.29, 1.82) is 0 Å². The maximum Gasteiger partial charge on any atom is 0.170 e. The lowest BCUT2D eigenvalue weighted by molar-refractivity contribution is 0.415. The fraction of sp³-hybridized carbons (Fsp3) is 0.667. The van der Waals surface area contributed by atoms with Crippen LogP contribution in [-0.4, -0.2) is 24.6 Å². The van der Waals surface area contributed by atoms with Gasteiger partial charge in [0.25, 0.3) is 0 Å². The highest BCUT2D eigenvalue weighted by Gasteiger charge is 2.22. The lowest BCUT2D eigenvalue weighted by Crippen LogP contribution is -2.30. The molecule has 1 fully saturated rings. The van der Waals surface area contributed by atoms with Gasteiger partial charge in [0.15, 0.2) is 11.6 Å². The number of pyridine rings is 1. The Kier molecular flexibility index (Phi) is 4.09. The fourth-order valence-electron chi connectivity index (χ4n) is 2.20. The summed E-state index contributed by atoms with van der Waals surface area (Å²) in [5.41, 5.74) is 0.822. The second-order valence-electron chi connectivity index (χ2n) is 6.68. The van der Waals surface area contributed by atoms with Gasteiger partial charge >= 0.3 is 0 Å². The molecular formula is C15H24FN3. The van der Waals surface area contributed by atoms with Gasteiger partial charge in [-0.3, -0.25) is 0 Å². The molecule has 4 heteroatoms. The van der Waals surface area contributed by atoms with E-state index in [2.05, 4.69) is 31.1 Å². The third-order valence-electron chi connectivity index (χ3n) is 3.18. The highest BCUT2D eigenvalue weighted by molar-refractivity contribution is 5.42. The fourth-order valence-corrected chi connectivity index (χ4v) is 2.20. The van der Waals surface area contributed by atoms with Crippen LogP contribution in [0.3, 0.4) is 0 Å². The van der Waals surface area contributed by atoms with Crippen LogP contribution in [0.5, 0.6) is 0 Å². The third-order valence-corrected chi connectivity index (χ3v) is 3.18. The van der Waals surface area contributed by atoms with Gasteiger partial charge in [0.2, 0.25) is 0 Å². The second-order valence-corrected chi connectivity index (χ2v) is 6.68. The molecule has 19 heavy (non-hydrogen) atoms. The SMILES string of the molecule is CN(CC(C)(C)C)c1nccc(CNC2CC2)c1F. The highest BCUT2D eigenvalue weighted by atomic mass is 19.1. The summed E-state index contributed by atoms with van der Waals surface area (Å²) in [5, 5.41) is 3.34. The summed E-state index contributed by atoms with van der Waals surface area (Å²) >= 11 is 0. The highest BCUT2D eigenvalue weighted by Crippen LogP contribution is 2.24. The zero-order valence-electron chi connectivity index (χ0n) is 12.3. The molecule has 1 aliphatic carbocycles. The van der Waals surface area contributed by atoms with Gasteiger partial charge in [-0.15, -0.1) is 0 Å². The predicted octanol–water partition coefficient (Wildman–Crippen LogP) is 2.96. The smallest absolute Gasteiger partial charge is 0.170 e. The van der Waals surface area contributed by atoms with Crippen molar-refractivity contribution in [3.63, 3.8) is 0 Å². The second kappa shape index (κ2) is 5.45. The van der Waals surface area contributed by atoms with E-state index in [-0.39, 0.29) is 11.2 Å². The molecule has 1 aromatic rings. The first kappa shape index (κ1) is 14.3. The Morgan fingerprint density at radius 3 is 2.68 bits per heavy atom. The molecule has 1 heterocycles. The molecule has 0 radical (unpaired) electrons. The van der Waals surface area contributed by atoms with Gasteiger partial charge in [0.1, 0.15) is 0 Å². The first-order chi connectivity index (χ1) is 8.87. The van der Waals surface area contributed by atoms with Crippen molar-refractivity contribution in [2.75, 3.05) is 18.5 Å². The van der Waals surface area contributed by atoms with Crippen LogP contribution < -0.4 is 10.2 Å². The van der Waals surface area contributed by atoms with Crippen molar-refractivity contribution < 1.29 is 4.39 Å². The van der Waals surface area contributed by atoms with Crippen LogP contribution in [0.4, 0.5) is 10.2 Å². The molecule has 1 aliphatic rings. The van der Waals surface area contributed by atoms with E-state index < -0.39 is 0 Å². The Morgan fingerprint density at radius 1 is 1.42 bits per heavy atom. The Labute approximate surface area is 115 Å². The summed E-state index contributed by atoms with van der Waals surface area (Å²) in [6, 6.07) is 2.35. The minimum atomic E-state index is -0.192. The van der Waals surface area contributed by atoms with Gasteiger partial charge in [0, 0.05) is 37.9 Å². The molecule has 2 rings (SSSR count). The van der Waals surface area contributed by atoms with Crippen LogP contribution in [0.1, 0.15) is 39.2 Å². The molecule has 3 nitrogen and oxygen atoms in total. The van der Waals surface area contributed by atoms with E-state index in [0.29, 0.717) is 24.0 Å². The predicted molar refractivity (Wildman–Crippen MR) is 76.8 cm³/mol. The number of hydrogen-bond acceptors (Lipinski definition) is 3. The lowest BCUT2D eigenvalue weighted by Gasteiger charge is -2.28. The van der Waals surface area contributed by atoms with Crippen molar-refractivity contribution in [3.05, 3.63) is 23.6 Å². The van der Waals surface area contributed by atoms with E-state index >= 15 is 0 Å². The average molecular weight is 265 g/mol. The zero-order chi connectivity index (χ0) is 14.0. The maximum atomic E-state index is 14.4. The molecule has 0 aromatic carbocycles. The van der Waals surface area contributed by atoms with Crippen LogP contribution in [0.15, 0.2) is 12.3 Å². The van der Waals surface area contributed by atoms with Crippen LogP contribution in [-0.2, 0) is 6.54 Å². The van der Waals surface area contributed by atoms with Gasteiger partial charge in [-0.1, -0.05) is 20.8 Å². The molecule has 0 spiro atoms. The van der Waals surface area contributed by atoms with Crippen LogP contribution >= 0.6 is 0 Å². The van der Waals surface area contributed by atoms with Crippen molar-refractivity contribution in [2.24, 2.45) is 5.41 Å². The van der Waals surface area contributed by atoms with E-state index in [0.717, 1.165) is 6.54 Å². The number of hydrogen-bond donors (Lipinski definition) is 1. The van der Waals surface area contributed by atoms with Crippen molar-refractivity contribution in [3.8, 4) is 0 Å². The molecular weight excluding hydrogens is 241 g/mol. The molecule has 1 aromatic heterocycles. The number of nitrogens with zero attached hydrogens (tertiary/aromatic N) is 2. The Bertz CT molecular complexity index is 436. The average Bonchev–Trinajstić information content (AvgIpc) is 3.09. The summed E-state index contributed by atoms with van der Waals surface area (Å²) in [6.45, 7) is 7.78. The molecule has 0 bridgehead atoms. The van der Waals surface area contributed by atoms with Crippen LogP contribution in [0.25, 0.3) is 0 Å². The van der Waals surface area contributed by atoms with E-state index in [1.54, 1.807) is 12.3 Å². The van der Waals surface area contributed by atoms with E-state index in [4.69, 9.17) is 0 Å². The Morgan fingerprint density at radius 2 is 2.11 bits per heavy atom. The quantitative estimate of drug-likeness (QED) is 0.887. The summed E-state index contributed by atoms with van der Waals surface area (Å²) in [5.74, 6) is 0.257. The minimum Gasteiger partial charge on any atom is -0.357 e. The number of anilines is 1. The topological polar surface area (TPSA) is 28.2 Å². The Balaban J connectivity index is 2.08. The van der Waals surface area contributed by atoms with Gasteiger partial charge in [-0.25, -0.2) is 9.37 Å². The molecule has 0 atom stereocenters. The molecule has 1 N–H and O–H groups in total. The summed E-state index contributed by atoms with van der Waals surface area (Å²) in [4.78, 5) is 6.09. The standard InChI is InChI=1S/C15H24FN3/c1-15(2,3)10-19(4)14-13(16)11(7-8-17-14)9-18-12-5-6-12/h7-8,12,18H,5-6,9-10H2,1-4H3. The molecule has 0 aliphatic heterocycles. The number of halogens is 1. The zero-order valence-corrected chi connectivity index (χ0v) is 12.3. The third kappa shape index (κ3) is 4.16. The van der Waals surface area contributed by atoms with E-state index in [1.807, 2.05) is 11.9 Å². The maximum absolute atomic E-state index is 14.4. The van der Waals surface area contributed by atoms with Crippen molar-refractivity contribution in [2.45, 2.75) is 46.2 Å². The largest absolute Gasteiger partial charge is 0.357 e. The summed E-state index contributed by atoms with van der Waals surface area (Å²) < 4.78 is 14.4. The van der Waals surface area contributed by atoms with Crippen LogP contribution in [0, 0.1) is 11.2 Å². The summed E-state index contributed by atoms with van der Waals surface area (Å²) in [7, 11) is 1.90. The number of rotatable bonds is 5. The number of aromatic nitrogens is 1. The monoisotopic (exact) mass is 265 g/mol. The van der Waals surface area contributed by atoms with Gasteiger partial charge < -0.3 is 10.2 Å². The van der Waals surface area contributed by atoms with E-state index in [1.165, 1.54) is 12.8 Å². The minimum absolute atomic E-state index is 0.116. The normalized spacial score (nSPS) is 15.6. The first-order valence-electron chi connectivity index (χ1n) is 6.95. The molecule has 1 saturated carbocycles. The Hall–Kier alpha value is -1.16. The lowest BCUT2D eigenvalue weighted by atomic mass is 9.96. The molecule has 0 amide bonds. The number of nitrogens with one attached hydrogen (secondary N) is 1. The first-order valence-corrected chi connectivity index (χ1v) is 6.95. The molecule has 0 saturated heterocycles.